The first-order valence-electron chi connectivity index (χ1n) is 8.10. The maximum absolute atomic E-state index is 12.9. The van der Waals surface area contributed by atoms with Gasteiger partial charge in [-0.05, 0) is 36.6 Å². The molecule has 0 unspecified atom stereocenters. The van der Waals surface area contributed by atoms with Crippen LogP contribution in [0.3, 0.4) is 0 Å². The molecule has 2 heterocycles. The zero-order chi connectivity index (χ0) is 18.1. The van der Waals surface area contributed by atoms with E-state index in [1.165, 1.54) is 6.07 Å². The van der Waals surface area contributed by atoms with Gasteiger partial charge in [-0.3, -0.25) is 4.90 Å². The summed E-state index contributed by atoms with van der Waals surface area (Å²) in [6, 6.07) is 8.69. The van der Waals surface area contributed by atoms with E-state index in [0.717, 1.165) is 17.7 Å². The van der Waals surface area contributed by atoms with E-state index in [1.54, 1.807) is 12.3 Å². The lowest BCUT2D eigenvalue weighted by Crippen LogP contribution is -2.42. The number of nitrogens with two attached hydrogens (primary N) is 1. The molecule has 0 bridgehead atoms. The number of alkyl halides is 3. The van der Waals surface area contributed by atoms with E-state index in [-0.39, 0.29) is 0 Å². The van der Waals surface area contributed by atoms with Crippen LogP contribution in [0.5, 0.6) is 0 Å². The Balaban J connectivity index is 1.69. The standard InChI is InChI=1S/C18H20F3N3O/c19-18(20,21)15-5-1-4-14(11-15)17(25)6-9-24(10-7-17)12-13-3-2-8-23-16(13)22/h1-5,8,11,25H,6-7,9-10,12H2,(H2,22,23). The Hall–Kier alpha value is -2.12. The molecule has 25 heavy (non-hydrogen) atoms. The summed E-state index contributed by atoms with van der Waals surface area (Å²) in [5.74, 6) is 0.473. The predicted octanol–water partition coefficient (Wildman–Crippen LogP) is 3.17. The third kappa shape index (κ3) is 3.93. The summed E-state index contributed by atoms with van der Waals surface area (Å²) < 4.78 is 38.7. The minimum atomic E-state index is -4.41. The molecule has 1 fully saturated rings. The highest BCUT2D eigenvalue weighted by atomic mass is 19.4. The fourth-order valence-corrected chi connectivity index (χ4v) is 3.18. The van der Waals surface area contributed by atoms with Crippen molar-refractivity contribution >= 4 is 5.82 Å². The number of piperidine rings is 1. The van der Waals surface area contributed by atoms with Crippen LogP contribution in [-0.4, -0.2) is 28.1 Å². The van der Waals surface area contributed by atoms with Crippen LogP contribution in [-0.2, 0) is 18.3 Å². The van der Waals surface area contributed by atoms with Gasteiger partial charge in [-0.2, -0.15) is 13.2 Å². The van der Waals surface area contributed by atoms with Crippen molar-refractivity contribution in [2.75, 3.05) is 18.8 Å². The van der Waals surface area contributed by atoms with Gasteiger partial charge in [-0.25, -0.2) is 4.98 Å². The highest BCUT2D eigenvalue weighted by Gasteiger charge is 2.37. The maximum Gasteiger partial charge on any atom is 0.416 e. The molecule has 2 aromatic rings. The fraction of sp³-hybridized carbons (Fsp3) is 0.389. The number of likely N-dealkylation sites (tertiary alicyclic amines) is 1. The molecule has 1 aliphatic heterocycles. The molecule has 1 aromatic heterocycles. The van der Waals surface area contributed by atoms with E-state index >= 15 is 0 Å². The maximum atomic E-state index is 12.9. The molecule has 3 rings (SSSR count). The second-order valence-corrected chi connectivity index (χ2v) is 6.43. The number of aliphatic hydroxyl groups is 1. The van der Waals surface area contributed by atoms with Gasteiger partial charge in [0.25, 0.3) is 0 Å². The van der Waals surface area contributed by atoms with Crippen LogP contribution in [0.4, 0.5) is 19.0 Å². The van der Waals surface area contributed by atoms with Crippen molar-refractivity contribution in [1.29, 1.82) is 0 Å². The average Bonchev–Trinajstić information content (AvgIpc) is 2.58. The Labute approximate surface area is 144 Å². The minimum absolute atomic E-state index is 0.322. The number of hydrogen-bond donors (Lipinski definition) is 2. The lowest BCUT2D eigenvalue weighted by atomic mass is 9.83. The molecule has 1 aliphatic rings. The Morgan fingerprint density at radius 3 is 2.52 bits per heavy atom. The van der Waals surface area contributed by atoms with Gasteiger partial charge in [-0.15, -0.1) is 0 Å². The molecule has 1 saturated heterocycles. The lowest BCUT2D eigenvalue weighted by molar-refractivity contribution is -0.137. The van der Waals surface area contributed by atoms with Crippen molar-refractivity contribution < 1.29 is 18.3 Å². The van der Waals surface area contributed by atoms with Crippen molar-refractivity contribution in [3.63, 3.8) is 0 Å². The second kappa shape index (κ2) is 6.65. The topological polar surface area (TPSA) is 62.4 Å². The summed E-state index contributed by atoms with van der Waals surface area (Å²) in [5, 5.41) is 10.8. The highest BCUT2D eigenvalue weighted by molar-refractivity contribution is 5.38. The molecule has 3 N–H and O–H groups in total. The van der Waals surface area contributed by atoms with Gasteiger partial charge in [0.15, 0.2) is 0 Å². The quantitative estimate of drug-likeness (QED) is 0.892. The second-order valence-electron chi connectivity index (χ2n) is 6.43. The molecular formula is C18H20F3N3O. The summed E-state index contributed by atoms with van der Waals surface area (Å²) >= 11 is 0. The molecule has 7 heteroatoms. The van der Waals surface area contributed by atoms with Crippen LogP contribution >= 0.6 is 0 Å². The molecule has 4 nitrogen and oxygen atoms in total. The van der Waals surface area contributed by atoms with Gasteiger partial charge < -0.3 is 10.8 Å². The monoisotopic (exact) mass is 351 g/mol. The molecule has 0 atom stereocenters. The third-order valence-electron chi connectivity index (χ3n) is 4.73. The first-order chi connectivity index (χ1) is 11.8. The Morgan fingerprint density at radius 1 is 1.16 bits per heavy atom. The summed E-state index contributed by atoms with van der Waals surface area (Å²) in [5.41, 5.74) is 5.11. The van der Waals surface area contributed by atoms with Crippen molar-refractivity contribution in [1.82, 2.24) is 9.88 Å². The van der Waals surface area contributed by atoms with Gasteiger partial charge in [0, 0.05) is 31.4 Å². The lowest BCUT2D eigenvalue weighted by Gasteiger charge is -2.38. The van der Waals surface area contributed by atoms with Crippen LogP contribution in [0.2, 0.25) is 0 Å². The van der Waals surface area contributed by atoms with Crippen LogP contribution in [0.1, 0.15) is 29.5 Å². The van der Waals surface area contributed by atoms with E-state index in [9.17, 15) is 18.3 Å². The number of hydrogen-bond acceptors (Lipinski definition) is 4. The summed E-state index contributed by atoms with van der Waals surface area (Å²) in [7, 11) is 0. The van der Waals surface area contributed by atoms with Gasteiger partial charge in [0.2, 0.25) is 0 Å². The average molecular weight is 351 g/mol. The molecule has 0 saturated carbocycles. The molecule has 0 spiro atoms. The SMILES string of the molecule is Nc1ncccc1CN1CCC(O)(c2cccc(C(F)(F)F)c2)CC1. The summed E-state index contributed by atoms with van der Waals surface area (Å²) in [4.78, 5) is 6.17. The predicted molar refractivity (Wildman–Crippen MR) is 88.5 cm³/mol. The van der Waals surface area contributed by atoms with E-state index in [2.05, 4.69) is 9.88 Å². The third-order valence-corrected chi connectivity index (χ3v) is 4.73. The number of rotatable bonds is 3. The van der Waals surface area contributed by atoms with Crippen LogP contribution in [0, 0.1) is 0 Å². The normalized spacial score (nSPS) is 18.2. The number of benzene rings is 1. The first kappa shape index (κ1) is 17.7. The van der Waals surface area contributed by atoms with Gasteiger partial charge in [0.1, 0.15) is 5.82 Å². The fourth-order valence-electron chi connectivity index (χ4n) is 3.18. The molecule has 0 radical (unpaired) electrons. The van der Waals surface area contributed by atoms with E-state index in [4.69, 9.17) is 5.73 Å². The molecular weight excluding hydrogens is 331 g/mol. The van der Waals surface area contributed by atoms with E-state index in [1.807, 2.05) is 12.1 Å². The Kier molecular flexibility index (Phi) is 4.71. The molecule has 1 aromatic carbocycles. The number of halogens is 3. The van der Waals surface area contributed by atoms with Crippen LogP contribution in [0.15, 0.2) is 42.6 Å². The largest absolute Gasteiger partial charge is 0.416 e. The van der Waals surface area contributed by atoms with Gasteiger partial charge >= 0.3 is 6.18 Å². The van der Waals surface area contributed by atoms with E-state index < -0.39 is 17.3 Å². The Morgan fingerprint density at radius 2 is 1.88 bits per heavy atom. The number of nitrogens with zero attached hydrogens (tertiary/aromatic N) is 2. The van der Waals surface area contributed by atoms with Crippen LogP contribution in [0.25, 0.3) is 0 Å². The van der Waals surface area contributed by atoms with Crippen molar-refractivity contribution in [3.05, 3.63) is 59.3 Å². The molecule has 0 aliphatic carbocycles. The van der Waals surface area contributed by atoms with Crippen molar-refractivity contribution in [2.24, 2.45) is 0 Å². The minimum Gasteiger partial charge on any atom is -0.385 e. The zero-order valence-corrected chi connectivity index (χ0v) is 13.6. The summed E-state index contributed by atoms with van der Waals surface area (Å²) in [6.07, 6.45) is -2.05. The van der Waals surface area contributed by atoms with Crippen LogP contribution < -0.4 is 5.73 Å². The highest BCUT2D eigenvalue weighted by Crippen LogP contribution is 2.37. The van der Waals surface area contributed by atoms with Gasteiger partial charge in [-0.1, -0.05) is 18.2 Å². The number of anilines is 1. The number of aromatic nitrogens is 1. The van der Waals surface area contributed by atoms with Crippen molar-refractivity contribution in [3.8, 4) is 0 Å². The number of pyridine rings is 1. The molecule has 134 valence electrons. The zero-order valence-electron chi connectivity index (χ0n) is 13.6. The Bertz CT molecular complexity index is 740. The summed E-state index contributed by atoms with van der Waals surface area (Å²) in [6.45, 7) is 1.75. The van der Waals surface area contributed by atoms with Gasteiger partial charge in [0.05, 0.1) is 11.2 Å². The van der Waals surface area contributed by atoms with Crippen molar-refractivity contribution in [2.45, 2.75) is 31.2 Å². The first-order valence-corrected chi connectivity index (χ1v) is 8.10. The smallest absolute Gasteiger partial charge is 0.385 e. The molecule has 0 amide bonds. The number of nitrogen functional groups attached to an aromatic ring is 1. The van der Waals surface area contributed by atoms with E-state index in [0.29, 0.717) is 43.9 Å².